The van der Waals surface area contributed by atoms with E-state index in [-0.39, 0.29) is 35.1 Å². The Morgan fingerprint density at radius 1 is 0.969 bits per heavy atom. The van der Waals surface area contributed by atoms with Gasteiger partial charge in [0.15, 0.2) is 0 Å². The molecule has 7 nitrogen and oxygen atoms in total. The lowest BCUT2D eigenvalue weighted by Crippen LogP contribution is -2.52. The minimum absolute atomic E-state index is 0.0632. The molecule has 1 saturated heterocycles. The summed E-state index contributed by atoms with van der Waals surface area (Å²) >= 11 is 1.51. The number of benzene rings is 1. The SMILES string of the molecule is CC(C)n1c(N2CCN(C(=O)CSCc3ccc(F)cc3)CC2)cc(=O)n(C(C)C)c1=O. The van der Waals surface area contributed by atoms with Crippen molar-refractivity contribution in [2.75, 3.05) is 36.8 Å². The molecule has 0 N–H and O–H groups in total. The van der Waals surface area contributed by atoms with E-state index in [1.165, 1.54) is 34.5 Å². The Kier molecular flexibility index (Phi) is 7.82. The average Bonchev–Trinajstić information content (AvgIpc) is 2.74. The molecule has 1 aliphatic rings. The number of anilines is 1. The van der Waals surface area contributed by atoms with Gasteiger partial charge in [0.1, 0.15) is 11.6 Å². The smallest absolute Gasteiger partial charge is 0.333 e. The first kappa shape index (κ1) is 24.1. The highest BCUT2D eigenvalue weighted by Crippen LogP contribution is 2.19. The Morgan fingerprint density at radius 3 is 2.12 bits per heavy atom. The second-order valence-electron chi connectivity index (χ2n) is 8.54. The molecule has 0 spiro atoms. The Balaban J connectivity index is 1.62. The lowest BCUT2D eigenvalue weighted by atomic mass is 10.2. The number of nitrogens with zero attached hydrogens (tertiary/aromatic N) is 4. The van der Waals surface area contributed by atoms with E-state index in [2.05, 4.69) is 0 Å². The minimum Gasteiger partial charge on any atom is -0.354 e. The molecular formula is C23H31FN4O3S. The van der Waals surface area contributed by atoms with Crippen LogP contribution >= 0.6 is 11.8 Å². The highest BCUT2D eigenvalue weighted by molar-refractivity contribution is 7.99. The summed E-state index contributed by atoms with van der Waals surface area (Å²) < 4.78 is 15.9. The molecule has 0 bridgehead atoms. The highest BCUT2D eigenvalue weighted by atomic mass is 32.2. The first-order valence-corrected chi connectivity index (χ1v) is 12.1. The molecule has 2 aromatic rings. The fraction of sp³-hybridized carbons (Fsp3) is 0.522. The van der Waals surface area contributed by atoms with E-state index in [1.54, 1.807) is 16.7 Å². The first-order chi connectivity index (χ1) is 15.2. The number of carbonyl (C=O) groups excluding carboxylic acids is 1. The van der Waals surface area contributed by atoms with Crippen LogP contribution in [0.15, 0.2) is 39.9 Å². The van der Waals surface area contributed by atoms with Gasteiger partial charge in [0, 0.05) is 50.1 Å². The van der Waals surface area contributed by atoms with Crippen LogP contribution < -0.4 is 16.1 Å². The fourth-order valence-corrected chi connectivity index (χ4v) is 4.76. The molecule has 0 radical (unpaired) electrons. The van der Waals surface area contributed by atoms with Crippen molar-refractivity contribution in [3.8, 4) is 0 Å². The molecule has 32 heavy (non-hydrogen) atoms. The van der Waals surface area contributed by atoms with E-state index < -0.39 is 0 Å². The van der Waals surface area contributed by atoms with Crippen LogP contribution in [0.25, 0.3) is 0 Å². The molecular weight excluding hydrogens is 431 g/mol. The van der Waals surface area contributed by atoms with Crippen LogP contribution in [-0.4, -0.2) is 51.9 Å². The number of hydrogen-bond acceptors (Lipinski definition) is 5. The first-order valence-electron chi connectivity index (χ1n) is 10.9. The van der Waals surface area contributed by atoms with Crippen molar-refractivity contribution in [1.82, 2.24) is 14.0 Å². The maximum atomic E-state index is 13.0. The summed E-state index contributed by atoms with van der Waals surface area (Å²) in [7, 11) is 0. The van der Waals surface area contributed by atoms with Gasteiger partial charge in [0.25, 0.3) is 5.56 Å². The van der Waals surface area contributed by atoms with E-state index in [4.69, 9.17) is 0 Å². The van der Waals surface area contributed by atoms with Crippen LogP contribution in [0.3, 0.4) is 0 Å². The van der Waals surface area contributed by atoms with E-state index >= 15 is 0 Å². The maximum absolute atomic E-state index is 13.0. The van der Waals surface area contributed by atoms with Gasteiger partial charge in [-0.25, -0.2) is 9.18 Å². The molecule has 1 amide bonds. The van der Waals surface area contributed by atoms with Gasteiger partial charge in [-0.2, -0.15) is 0 Å². The quantitative estimate of drug-likeness (QED) is 0.633. The zero-order valence-electron chi connectivity index (χ0n) is 19.1. The lowest BCUT2D eigenvalue weighted by molar-refractivity contribution is -0.128. The van der Waals surface area contributed by atoms with Crippen LogP contribution in [0, 0.1) is 5.82 Å². The summed E-state index contributed by atoms with van der Waals surface area (Å²) in [5.41, 5.74) is 0.387. The Labute approximate surface area is 191 Å². The van der Waals surface area contributed by atoms with Crippen molar-refractivity contribution < 1.29 is 9.18 Å². The molecule has 0 unspecified atom stereocenters. The number of amides is 1. The predicted molar refractivity (Wildman–Crippen MR) is 127 cm³/mol. The third-order valence-corrected chi connectivity index (χ3v) is 6.53. The summed E-state index contributed by atoms with van der Waals surface area (Å²) in [6.45, 7) is 9.70. The van der Waals surface area contributed by atoms with Gasteiger partial charge in [-0.3, -0.25) is 18.7 Å². The van der Waals surface area contributed by atoms with Gasteiger partial charge < -0.3 is 9.80 Å². The van der Waals surface area contributed by atoms with Crippen LogP contribution in [0.2, 0.25) is 0 Å². The highest BCUT2D eigenvalue weighted by Gasteiger charge is 2.25. The van der Waals surface area contributed by atoms with Gasteiger partial charge in [-0.05, 0) is 45.4 Å². The summed E-state index contributed by atoms with van der Waals surface area (Å²) in [5, 5.41) is 0. The van der Waals surface area contributed by atoms with E-state index in [0.717, 1.165) is 5.56 Å². The van der Waals surface area contributed by atoms with E-state index in [0.29, 0.717) is 43.5 Å². The predicted octanol–water partition coefficient (Wildman–Crippen LogP) is 2.89. The number of aromatic nitrogens is 2. The Hall–Kier alpha value is -2.55. The second kappa shape index (κ2) is 10.4. The van der Waals surface area contributed by atoms with Crippen molar-refractivity contribution >= 4 is 23.5 Å². The third-order valence-electron chi connectivity index (χ3n) is 5.55. The zero-order valence-corrected chi connectivity index (χ0v) is 19.9. The molecule has 0 saturated carbocycles. The van der Waals surface area contributed by atoms with Gasteiger partial charge >= 0.3 is 5.69 Å². The third kappa shape index (κ3) is 5.43. The van der Waals surface area contributed by atoms with Crippen LogP contribution in [-0.2, 0) is 10.5 Å². The van der Waals surface area contributed by atoms with Gasteiger partial charge in [-0.15, -0.1) is 11.8 Å². The summed E-state index contributed by atoms with van der Waals surface area (Å²) in [6, 6.07) is 7.54. The lowest BCUT2D eigenvalue weighted by Gasteiger charge is -2.37. The normalized spacial score (nSPS) is 14.5. The van der Waals surface area contributed by atoms with Crippen molar-refractivity contribution in [3.63, 3.8) is 0 Å². The molecule has 9 heteroatoms. The van der Waals surface area contributed by atoms with Gasteiger partial charge in [0.2, 0.25) is 5.91 Å². The Bertz CT molecular complexity index is 1050. The fourth-order valence-electron chi connectivity index (χ4n) is 3.88. The molecule has 2 heterocycles. The van der Waals surface area contributed by atoms with Crippen LogP contribution in [0.1, 0.15) is 45.3 Å². The summed E-state index contributed by atoms with van der Waals surface area (Å²) in [4.78, 5) is 42.0. The van der Waals surface area contributed by atoms with Crippen molar-refractivity contribution in [3.05, 3.63) is 62.6 Å². The molecule has 174 valence electrons. The zero-order chi connectivity index (χ0) is 23.4. The molecule has 0 atom stereocenters. The Morgan fingerprint density at radius 2 is 1.56 bits per heavy atom. The molecule has 3 rings (SSSR count). The number of hydrogen-bond donors (Lipinski definition) is 0. The number of thioether (sulfide) groups is 1. The second-order valence-corrected chi connectivity index (χ2v) is 9.52. The summed E-state index contributed by atoms with van der Waals surface area (Å²) in [6.07, 6.45) is 0. The molecule has 1 aliphatic heterocycles. The van der Waals surface area contributed by atoms with Gasteiger partial charge in [0.05, 0.1) is 5.75 Å². The standard InChI is InChI=1S/C23H31FN4O3S/c1-16(2)27-20(13-21(29)28(17(3)4)23(27)31)25-9-11-26(12-10-25)22(30)15-32-14-18-5-7-19(24)8-6-18/h5-8,13,16-17H,9-12,14-15H2,1-4H3. The van der Waals surface area contributed by atoms with Crippen LogP contribution in [0.4, 0.5) is 10.2 Å². The molecule has 1 aromatic heterocycles. The monoisotopic (exact) mass is 462 g/mol. The average molecular weight is 463 g/mol. The van der Waals surface area contributed by atoms with Crippen LogP contribution in [0.5, 0.6) is 0 Å². The molecule has 0 aliphatic carbocycles. The van der Waals surface area contributed by atoms with Gasteiger partial charge in [-0.1, -0.05) is 12.1 Å². The topological polar surface area (TPSA) is 67.5 Å². The van der Waals surface area contributed by atoms with E-state index in [1.807, 2.05) is 37.5 Å². The van der Waals surface area contributed by atoms with Crippen molar-refractivity contribution in [1.29, 1.82) is 0 Å². The van der Waals surface area contributed by atoms with Crippen molar-refractivity contribution in [2.24, 2.45) is 0 Å². The van der Waals surface area contributed by atoms with Crippen molar-refractivity contribution in [2.45, 2.75) is 45.5 Å². The number of carbonyl (C=O) groups is 1. The summed E-state index contributed by atoms with van der Waals surface area (Å²) in [5.74, 6) is 1.42. The number of piperazine rings is 1. The number of halogens is 1. The number of rotatable bonds is 7. The van der Waals surface area contributed by atoms with E-state index in [9.17, 15) is 18.8 Å². The minimum atomic E-state index is -0.299. The maximum Gasteiger partial charge on any atom is 0.333 e. The molecule has 1 fully saturated rings. The molecule has 1 aromatic carbocycles. The largest absolute Gasteiger partial charge is 0.354 e.